The number of ether oxygens (including phenoxy) is 3. The predicted molar refractivity (Wildman–Crippen MR) is 160 cm³/mol. The van der Waals surface area contributed by atoms with Gasteiger partial charge in [0.05, 0.1) is 91.1 Å². The van der Waals surface area contributed by atoms with Crippen LogP contribution in [-0.2, 0) is 20.8 Å². The molecule has 1 aromatic carbocycles. The standard InChI is InChI=1S/C32H30F2N6O4/c1-42-22-5-3-20(28(13-22)43-2)17-40-18-27-31(32(40)41)26(14-25(37-27)30-23(33)11-19(15-35)12-24(30)34)38-29-6-4-21(16-36-29)39-7-9-44-10-8-39/h4,6,11-14,16,18,41H,3,5,7-10,17H2,1-2H3,(H,36,38). The van der Waals surface area contributed by atoms with Gasteiger partial charge in [-0.3, -0.25) is 0 Å². The monoisotopic (exact) mass is 600 g/mol. The fraction of sp³-hybridized carbons (Fsp3) is 0.281. The number of nitrogens with one attached hydrogen (secondary N) is 1. The maximum Gasteiger partial charge on any atom is 0.203 e. The van der Waals surface area contributed by atoms with E-state index in [1.807, 2.05) is 12.1 Å². The van der Waals surface area contributed by atoms with Gasteiger partial charge in [0, 0.05) is 31.8 Å². The maximum absolute atomic E-state index is 15.1. The number of morpholine rings is 1. The molecule has 4 heterocycles. The molecule has 1 saturated heterocycles. The number of halogens is 2. The van der Waals surface area contributed by atoms with Gasteiger partial charge in [-0.2, -0.15) is 5.26 Å². The smallest absolute Gasteiger partial charge is 0.203 e. The van der Waals surface area contributed by atoms with Crippen LogP contribution in [0.25, 0.3) is 22.2 Å². The molecular formula is C32H30F2N6O4. The number of methoxy groups -OCH3 is 2. The summed E-state index contributed by atoms with van der Waals surface area (Å²) in [7, 11) is 3.18. The van der Waals surface area contributed by atoms with Crippen molar-refractivity contribution in [3.05, 3.63) is 83.1 Å². The van der Waals surface area contributed by atoms with Crippen molar-refractivity contribution < 1.29 is 28.1 Å². The summed E-state index contributed by atoms with van der Waals surface area (Å²) in [5.41, 5.74) is 1.99. The van der Waals surface area contributed by atoms with Gasteiger partial charge >= 0.3 is 0 Å². The van der Waals surface area contributed by atoms with Crippen LogP contribution in [-0.4, -0.2) is 60.2 Å². The summed E-state index contributed by atoms with van der Waals surface area (Å²) in [6, 6.07) is 8.88. The third-order valence-corrected chi connectivity index (χ3v) is 7.79. The molecule has 2 aliphatic rings. The number of hydrogen-bond acceptors (Lipinski definition) is 9. The second-order valence-electron chi connectivity index (χ2n) is 10.4. The molecule has 0 saturated carbocycles. The van der Waals surface area contributed by atoms with E-state index in [2.05, 4.69) is 20.2 Å². The van der Waals surface area contributed by atoms with E-state index in [1.54, 1.807) is 43.3 Å². The quantitative estimate of drug-likeness (QED) is 0.260. The van der Waals surface area contributed by atoms with E-state index in [9.17, 15) is 5.11 Å². The van der Waals surface area contributed by atoms with Crippen LogP contribution in [0.5, 0.6) is 5.88 Å². The number of benzene rings is 1. The molecule has 0 bridgehead atoms. The molecule has 44 heavy (non-hydrogen) atoms. The molecule has 226 valence electrons. The molecule has 0 unspecified atom stereocenters. The zero-order valence-electron chi connectivity index (χ0n) is 24.2. The van der Waals surface area contributed by atoms with Crippen molar-refractivity contribution in [1.29, 1.82) is 5.26 Å². The van der Waals surface area contributed by atoms with Gasteiger partial charge in [0.1, 0.15) is 23.2 Å². The van der Waals surface area contributed by atoms with Gasteiger partial charge in [0.15, 0.2) is 0 Å². The number of aromatic nitrogens is 3. The number of hydrogen-bond donors (Lipinski definition) is 2. The zero-order chi connectivity index (χ0) is 30.8. The van der Waals surface area contributed by atoms with Crippen molar-refractivity contribution in [1.82, 2.24) is 14.5 Å². The van der Waals surface area contributed by atoms with Crippen molar-refractivity contribution in [2.24, 2.45) is 0 Å². The van der Waals surface area contributed by atoms with Gasteiger partial charge < -0.3 is 34.1 Å². The van der Waals surface area contributed by atoms with E-state index in [0.29, 0.717) is 60.8 Å². The molecule has 1 fully saturated rings. The van der Waals surface area contributed by atoms with E-state index in [0.717, 1.165) is 42.2 Å². The van der Waals surface area contributed by atoms with E-state index in [4.69, 9.17) is 19.5 Å². The predicted octanol–water partition coefficient (Wildman–Crippen LogP) is 5.76. The molecule has 3 aromatic heterocycles. The normalized spacial score (nSPS) is 15.2. The molecule has 1 aliphatic carbocycles. The summed E-state index contributed by atoms with van der Waals surface area (Å²) in [5, 5.41) is 24.2. The Balaban J connectivity index is 1.43. The SMILES string of the molecule is COC1=CC(OC)=C(Cn2cc3nc(-c4c(F)cc(C#N)cc4F)cc(Nc4ccc(N5CCOCC5)cn4)c3c2O)CC1. The second-order valence-corrected chi connectivity index (χ2v) is 10.4. The molecule has 1 aliphatic heterocycles. The Hall–Kier alpha value is -5.15. The molecule has 12 heteroatoms. The Kier molecular flexibility index (Phi) is 8.04. The molecule has 0 atom stereocenters. The van der Waals surface area contributed by atoms with Crippen molar-refractivity contribution in [2.75, 3.05) is 50.7 Å². The highest BCUT2D eigenvalue weighted by atomic mass is 19.1. The first-order valence-corrected chi connectivity index (χ1v) is 14.1. The third-order valence-electron chi connectivity index (χ3n) is 7.79. The summed E-state index contributed by atoms with van der Waals surface area (Å²) in [4.78, 5) is 11.3. The Morgan fingerprint density at radius 1 is 1.09 bits per heavy atom. The minimum absolute atomic E-state index is 0.0105. The van der Waals surface area contributed by atoms with Crippen LogP contribution in [0.2, 0.25) is 0 Å². The number of nitriles is 1. The summed E-state index contributed by atoms with van der Waals surface area (Å²) in [6.07, 6.45) is 6.52. The molecule has 6 rings (SSSR count). The highest BCUT2D eigenvalue weighted by Gasteiger charge is 2.23. The molecule has 10 nitrogen and oxygen atoms in total. The zero-order valence-corrected chi connectivity index (χ0v) is 24.2. The maximum atomic E-state index is 15.1. The van der Waals surface area contributed by atoms with Crippen LogP contribution in [0.15, 0.2) is 65.9 Å². The number of pyridine rings is 2. The molecule has 4 aromatic rings. The van der Waals surface area contributed by atoms with E-state index in [1.165, 1.54) is 6.07 Å². The van der Waals surface area contributed by atoms with Crippen molar-refractivity contribution in [3.63, 3.8) is 0 Å². The minimum atomic E-state index is -0.922. The first-order chi connectivity index (χ1) is 21.4. The lowest BCUT2D eigenvalue weighted by Gasteiger charge is -2.28. The number of nitrogens with zero attached hydrogens (tertiary/aromatic N) is 5. The molecule has 0 amide bonds. The topological polar surface area (TPSA) is 118 Å². The van der Waals surface area contributed by atoms with Crippen LogP contribution in [0, 0.1) is 23.0 Å². The van der Waals surface area contributed by atoms with Gasteiger partial charge in [-0.05, 0) is 42.3 Å². The first-order valence-electron chi connectivity index (χ1n) is 14.1. The summed E-state index contributed by atoms with van der Waals surface area (Å²) >= 11 is 0. The largest absolute Gasteiger partial charge is 0.501 e. The van der Waals surface area contributed by atoms with Gasteiger partial charge in [-0.15, -0.1) is 0 Å². The fourth-order valence-corrected chi connectivity index (χ4v) is 5.53. The highest BCUT2D eigenvalue weighted by Crippen LogP contribution is 2.39. The van der Waals surface area contributed by atoms with Gasteiger partial charge in [0.25, 0.3) is 0 Å². The Labute approximate surface area is 252 Å². The van der Waals surface area contributed by atoms with Crippen LogP contribution < -0.4 is 10.2 Å². The van der Waals surface area contributed by atoms with Crippen LogP contribution in [0.4, 0.5) is 26.0 Å². The van der Waals surface area contributed by atoms with Gasteiger partial charge in [-0.25, -0.2) is 18.7 Å². The summed E-state index contributed by atoms with van der Waals surface area (Å²) < 4.78 is 48.3. The first kappa shape index (κ1) is 28.9. The Morgan fingerprint density at radius 2 is 1.86 bits per heavy atom. The van der Waals surface area contributed by atoms with Crippen molar-refractivity contribution >= 4 is 28.1 Å². The number of anilines is 3. The van der Waals surface area contributed by atoms with Crippen LogP contribution in [0.1, 0.15) is 18.4 Å². The number of rotatable bonds is 8. The van der Waals surface area contributed by atoms with E-state index >= 15 is 8.78 Å². The van der Waals surface area contributed by atoms with E-state index < -0.39 is 11.6 Å². The average Bonchev–Trinajstić information content (AvgIpc) is 3.36. The number of aromatic hydroxyl groups is 1. The van der Waals surface area contributed by atoms with E-state index in [-0.39, 0.29) is 22.7 Å². The van der Waals surface area contributed by atoms with Gasteiger partial charge in [-0.1, -0.05) is 0 Å². The third kappa shape index (κ3) is 5.61. The fourth-order valence-electron chi connectivity index (χ4n) is 5.53. The number of allylic oxidation sites excluding steroid dienone is 3. The van der Waals surface area contributed by atoms with Crippen LogP contribution in [0.3, 0.4) is 0 Å². The summed E-state index contributed by atoms with van der Waals surface area (Å²) in [5.74, 6) is -0.0333. The molecule has 2 N–H and O–H groups in total. The molecule has 0 radical (unpaired) electrons. The van der Waals surface area contributed by atoms with Crippen LogP contribution >= 0.6 is 0 Å². The van der Waals surface area contributed by atoms with Gasteiger partial charge in [0.2, 0.25) is 5.88 Å². The highest BCUT2D eigenvalue weighted by molar-refractivity contribution is 5.99. The Morgan fingerprint density at radius 3 is 2.52 bits per heavy atom. The summed E-state index contributed by atoms with van der Waals surface area (Å²) in [6.45, 7) is 3.09. The molecule has 0 spiro atoms. The number of fused-ring (bicyclic) bond motifs is 1. The minimum Gasteiger partial charge on any atom is -0.501 e. The second kappa shape index (κ2) is 12.2. The lowest BCUT2D eigenvalue weighted by molar-refractivity contribution is 0.122. The molecular weight excluding hydrogens is 570 g/mol. The Bertz CT molecular complexity index is 1800. The van der Waals surface area contributed by atoms with Crippen molar-refractivity contribution in [3.8, 4) is 23.2 Å². The lowest BCUT2D eigenvalue weighted by Crippen LogP contribution is -2.36. The average molecular weight is 601 g/mol. The lowest BCUT2D eigenvalue weighted by atomic mass is 10.0. The van der Waals surface area contributed by atoms with Crippen molar-refractivity contribution in [2.45, 2.75) is 19.4 Å².